The fourth-order valence-corrected chi connectivity index (χ4v) is 7.84. The van der Waals surface area contributed by atoms with Gasteiger partial charge >= 0.3 is 0 Å². The molecule has 0 rings (SSSR count). The number of hydrogen-bond donors (Lipinski definition) is 0. The maximum Gasteiger partial charge on any atom is 0.190 e. The first-order valence-electron chi connectivity index (χ1n) is 8.97. The Morgan fingerprint density at radius 1 is 0.652 bits per heavy atom. The fourth-order valence-electron chi connectivity index (χ4n) is 2.87. The van der Waals surface area contributed by atoms with Crippen LogP contribution in [0.4, 0.5) is 0 Å². The highest BCUT2D eigenvalue weighted by atomic mass is 28.4. The molecule has 0 atom stereocenters. The molecular weight excluding hydrogens is 324 g/mol. The molecule has 0 aromatic rings. The van der Waals surface area contributed by atoms with Crippen molar-refractivity contribution in [2.75, 3.05) is 26.8 Å². The first-order chi connectivity index (χ1) is 10.5. The van der Waals surface area contributed by atoms with E-state index < -0.39 is 16.6 Å². The van der Waals surface area contributed by atoms with Crippen molar-refractivity contribution in [2.45, 2.75) is 72.4 Å². The highest BCUT2D eigenvalue weighted by Gasteiger charge is 2.24. The molecule has 0 aliphatic carbocycles. The molecule has 6 heteroatoms. The molecule has 0 heterocycles. The molecule has 0 fully saturated rings. The Bertz CT molecular complexity index is 266. The van der Waals surface area contributed by atoms with E-state index in [1.54, 1.807) is 0 Å². The van der Waals surface area contributed by atoms with Gasteiger partial charge in [-0.1, -0.05) is 27.7 Å². The highest BCUT2D eigenvalue weighted by Crippen LogP contribution is 2.18. The SMILES string of the molecule is CC(C)C[Si](C)(C)OCOCCCOCO[Si](C)(C)CC(C)C. The zero-order chi connectivity index (χ0) is 17.9. The van der Waals surface area contributed by atoms with E-state index in [1.807, 2.05) is 0 Å². The van der Waals surface area contributed by atoms with E-state index in [-0.39, 0.29) is 0 Å². The Kier molecular flexibility index (Phi) is 11.9. The van der Waals surface area contributed by atoms with E-state index >= 15 is 0 Å². The Labute approximate surface area is 146 Å². The molecule has 0 N–H and O–H groups in total. The second-order valence-electron chi connectivity index (χ2n) is 8.41. The second-order valence-corrected chi connectivity index (χ2v) is 16.8. The quantitative estimate of drug-likeness (QED) is 0.245. The molecule has 0 radical (unpaired) electrons. The van der Waals surface area contributed by atoms with E-state index in [4.69, 9.17) is 18.3 Å². The first-order valence-corrected chi connectivity index (χ1v) is 15.2. The van der Waals surface area contributed by atoms with Gasteiger partial charge in [0.05, 0.1) is 13.2 Å². The van der Waals surface area contributed by atoms with Crippen molar-refractivity contribution >= 4 is 16.6 Å². The topological polar surface area (TPSA) is 36.9 Å². The summed E-state index contributed by atoms with van der Waals surface area (Å²) in [5.41, 5.74) is 0. The second kappa shape index (κ2) is 11.8. The predicted octanol–water partition coefficient (Wildman–Crippen LogP) is 5.08. The summed E-state index contributed by atoms with van der Waals surface area (Å²) in [5.74, 6) is 1.38. The van der Waals surface area contributed by atoms with Crippen LogP contribution in [-0.2, 0) is 18.3 Å². The van der Waals surface area contributed by atoms with Crippen molar-refractivity contribution in [2.24, 2.45) is 11.8 Å². The van der Waals surface area contributed by atoms with Crippen LogP contribution in [0.25, 0.3) is 0 Å². The van der Waals surface area contributed by atoms with Gasteiger partial charge in [-0.05, 0) is 56.5 Å². The average Bonchev–Trinajstić information content (AvgIpc) is 2.33. The summed E-state index contributed by atoms with van der Waals surface area (Å²) in [4.78, 5) is 0. The van der Waals surface area contributed by atoms with Gasteiger partial charge in [0.25, 0.3) is 0 Å². The van der Waals surface area contributed by atoms with Crippen molar-refractivity contribution in [1.29, 1.82) is 0 Å². The highest BCUT2D eigenvalue weighted by molar-refractivity contribution is 6.71. The Balaban J connectivity index is 3.50. The van der Waals surface area contributed by atoms with Gasteiger partial charge < -0.3 is 18.3 Å². The summed E-state index contributed by atoms with van der Waals surface area (Å²) in [5, 5.41) is 0. The zero-order valence-electron chi connectivity index (χ0n) is 16.7. The number of rotatable bonds is 14. The first kappa shape index (κ1) is 23.3. The maximum atomic E-state index is 5.91. The average molecular weight is 365 g/mol. The summed E-state index contributed by atoms with van der Waals surface area (Å²) >= 11 is 0. The minimum absolute atomic E-state index is 0.413. The van der Waals surface area contributed by atoms with Gasteiger partial charge in [0.1, 0.15) is 13.6 Å². The molecule has 0 aromatic carbocycles. The summed E-state index contributed by atoms with van der Waals surface area (Å²) in [6, 6.07) is 2.35. The fraction of sp³-hybridized carbons (Fsp3) is 1.00. The van der Waals surface area contributed by atoms with Gasteiger partial charge in [0.15, 0.2) is 16.6 Å². The molecular formula is C17H40O4Si2. The van der Waals surface area contributed by atoms with E-state index in [9.17, 15) is 0 Å². The van der Waals surface area contributed by atoms with Crippen molar-refractivity contribution in [3.05, 3.63) is 0 Å². The molecule has 23 heavy (non-hydrogen) atoms. The molecule has 4 nitrogen and oxygen atoms in total. The smallest absolute Gasteiger partial charge is 0.190 e. The summed E-state index contributed by atoms with van der Waals surface area (Å²) in [6.45, 7) is 20.1. The molecule has 0 spiro atoms. The van der Waals surface area contributed by atoms with Crippen LogP contribution < -0.4 is 0 Å². The Morgan fingerprint density at radius 3 is 1.30 bits per heavy atom. The Morgan fingerprint density at radius 2 is 1.00 bits per heavy atom. The van der Waals surface area contributed by atoms with E-state index in [1.165, 1.54) is 12.1 Å². The van der Waals surface area contributed by atoms with E-state index in [2.05, 4.69) is 53.9 Å². The third-order valence-corrected chi connectivity index (χ3v) is 8.84. The number of hydrogen-bond acceptors (Lipinski definition) is 4. The van der Waals surface area contributed by atoms with Crippen LogP contribution in [0.5, 0.6) is 0 Å². The number of ether oxygens (including phenoxy) is 2. The van der Waals surface area contributed by atoms with Crippen LogP contribution in [0.15, 0.2) is 0 Å². The van der Waals surface area contributed by atoms with E-state index in [0.29, 0.717) is 38.6 Å². The third-order valence-electron chi connectivity index (χ3n) is 3.44. The van der Waals surface area contributed by atoms with Gasteiger partial charge in [0.2, 0.25) is 0 Å². The molecule has 0 bridgehead atoms. The molecule has 0 amide bonds. The van der Waals surface area contributed by atoms with Gasteiger partial charge in [-0.2, -0.15) is 0 Å². The zero-order valence-corrected chi connectivity index (χ0v) is 18.7. The lowest BCUT2D eigenvalue weighted by Gasteiger charge is -2.25. The molecule has 0 unspecified atom stereocenters. The normalized spacial score (nSPS) is 13.3. The van der Waals surface area contributed by atoms with Crippen LogP contribution in [0, 0.1) is 11.8 Å². The summed E-state index contributed by atoms with van der Waals surface area (Å²) in [6.07, 6.45) is 0.880. The van der Waals surface area contributed by atoms with Crippen LogP contribution in [0.2, 0.25) is 38.3 Å². The summed E-state index contributed by atoms with van der Waals surface area (Å²) in [7, 11) is -3.11. The molecule has 0 aromatic heterocycles. The Hall–Kier alpha value is 0.274. The molecule has 140 valence electrons. The lowest BCUT2D eigenvalue weighted by molar-refractivity contribution is -0.0225. The van der Waals surface area contributed by atoms with Gasteiger partial charge in [-0.15, -0.1) is 0 Å². The minimum atomic E-state index is -1.55. The molecule has 0 saturated heterocycles. The van der Waals surface area contributed by atoms with Gasteiger partial charge in [-0.3, -0.25) is 0 Å². The largest absolute Gasteiger partial charge is 0.395 e. The predicted molar refractivity (Wildman–Crippen MR) is 103 cm³/mol. The monoisotopic (exact) mass is 364 g/mol. The van der Waals surface area contributed by atoms with Crippen molar-refractivity contribution in [1.82, 2.24) is 0 Å². The van der Waals surface area contributed by atoms with Crippen molar-refractivity contribution in [3.8, 4) is 0 Å². The molecule has 0 aliphatic rings. The lowest BCUT2D eigenvalue weighted by Crippen LogP contribution is -2.33. The van der Waals surface area contributed by atoms with Gasteiger partial charge in [-0.25, -0.2) is 0 Å². The summed E-state index contributed by atoms with van der Waals surface area (Å²) < 4.78 is 22.9. The van der Waals surface area contributed by atoms with E-state index in [0.717, 1.165) is 6.42 Å². The standard InChI is InChI=1S/C17H40O4Si2/c1-16(2)12-22(5,6)20-14-18-10-9-11-19-15-21-23(7,8)13-17(3)4/h16-17H,9-15H2,1-8H3. The third kappa shape index (κ3) is 15.5. The molecule has 0 saturated carbocycles. The lowest BCUT2D eigenvalue weighted by atomic mass is 10.3. The minimum Gasteiger partial charge on any atom is -0.395 e. The van der Waals surface area contributed by atoms with Crippen molar-refractivity contribution in [3.63, 3.8) is 0 Å². The van der Waals surface area contributed by atoms with Crippen molar-refractivity contribution < 1.29 is 18.3 Å². The molecule has 0 aliphatic heterocycles. The van der Waals surface area contributed by atoms with Crippen LogP contribution in [0.1, 0.15) is 34.1 Å². The van der Waals surface area contributed by atoms with Crippen LogP contribution in [0.3, 0.4) is 0 Å². The van der Waals surface area contributed by atoms with Crippen LogP contribution >= 0.6 is 0 Å². The van der Waals surface area contributed by atoms with Crippen LogP contribution in [-0.4, -0.2) is 43.4 Å². The van der Waals surface area contributed by atoms with Gasteiger partial charge in [0, 0.05) is 0 Å². The maximum absolute atomic E-state index is 5.91.